The second-order valence-electron chi connectivity index (χ2n) is 5.87. The van der Waals surface area contributed by atoms with Crippen LogP contribution in [-0.2, 0) is 0 Å². The van der Waals surface area contributed by atoms with Crippen molar-refractivity contribution in [3.63, 3.8) is 0 Å². The molecule has 0 spiro atoms. The van der Waals surface area contributed by atoms with E-state index in [0.29, 0.717) is 28.1 Å². The van der Waals surface area contributed by atoms with Crippen LogP contribution >= 0.6 is 0 Å². The van der Waals surface area contributed by atoms with Gasteiger partial charge in [0.05, 0.1) is 11.2 Å². The minimum atomic E-state index is -0.987. The minimum absolute atomic E-state index is 0.139. The van der Waals surface area contributed by atoms with Gasteiger partial charge < -0.3 is 15.4 Å². The number of H-pyrrole nitrogens is 2. The molecule has 1 aromatic carbocycles. The van der Waals surface area contributed by atoms with Gasteiger partial charge in [-0.15, -0.1) is 0 Å². The number of aliphatic hydroxyl groups excluding tert-OH is 1. The molecule has 8 nitrogen and oxygen atoms in total. The summed E-state index contributed by atoms with van der Waals surface area (Å²) in [6.45, 7) is 0. The predicted octanol–water partition coefficient (Wildman–Crippen LogP) is 1.98. The molecule has 0 saturated carbocycles. The number of aliphatic hydroxyl groups is 1. The standard InChI is InChI=1S/C19H15N5O3/c25-16(13-7-3-4-10-20-13)11-5-1-2-6-12(11)22-18(26)15-9-8-14-17(21-15)24-19(27)23-14/h1-10,16,25H,(H,22,26)(H2,21,23,24,27). The van der Waals surface area contributed by atoms with Crippen LogP contribution in [0.4, 0.5) is 5.69 Å². The van der Waals surface area contributed by atoms with Crippen molar-refractivity contribution in [1.82, 2.24) is 19.9 Å². The first-order valence-corrected chi connectivity index (χ1v) is 8.20. The van der Waals surface area contributed by atoms with E-state index < -0.39 is 12.0 Å². The maximum absolute atomic E-state index is 12.6. The molecule has 1 unspecified atom stereocenters. The van der Waals surface area contributed by atoms with E-state index in [9.17, 15) is 14.7 Å². The number of benzene rings is 1. The lowest BCUT2D eigenvalue weighted by Crippen LogP contribution is -2.16. The summed E-state index contributed by atoms with van der Waals surface area (Å²) in [6, 6.07) is 15.3. The van der Waals surface area contributed by atoms with Crippen LogP contribution in [0.2, 0.25) is 0 Å². The number of amides is 1. The van der Waals surface area contributed by atoms with Gasteiger partial charge in [0.15, 0.2) is 5.65 Å². The fraction of sp³-hybridized carbons (Fsp3) is 0.0526. The lowest BCUT2D eigenvalue weighted by atomic mass is 10.0. The highest BCUT2D eigenvalue weighted by Crippen LogP contribution is 2.27. The topological polar surface area (TPSA) is 124 Å². The first kappa shape index (κ1) is 16.7. The fourth-order valence-electron chi connectivity index (χ4n) is 2.78. The zero-order valence-corrected chi connectivity index (χ0v) is 14.0. The number of nitrogens with zero attached hydrogens (tertiary/aromatic N) is 2. The number of aromatic nitrogens is 4. The van der Waals surface area contributed by atoms with Crippen molar-refractivity contribution in [1.29, 1.82) is 0 Å². The third kappa shape index (κ3) is 3.33. The summed E-state index contributed by atoms with van der Waals surface area (Å²) >= 11 is 0. The Morgan fingerprint density at radius 1 is 1.04 bits per heavy atom. The van der Waals surface area contributed by atoms with Gasteiger partial charge in [-0.05, 0) is 30.3 Å². The lowest BCUT2D eigenvalue weighted by Gasteiger charge is -2.15. The van der Waals surface area contributed by atoms with Crippen molar-refractivity contribution in [3.8, 4) is 0 Å². The van der Waals surface area contributed by atoms with Crippen molar-refractivity contribution in [2.24, 2.45) is 0 Å². The lowest BCUT2D eigenvalue weighted by molar-refractivity contribution is 0.102. The maximum atomic E-state index is 12.6. The molecule has 1 amide bonds. The molecule has 3 heterocycles. The smallest absolute Gasteiger partial charge is 0.325 e. The highest BCUT2D eigenvalue weighted by Gasteiger charge is 2.18. The number of pyridine rings is 2. The second kappa shape index (κ2) is 6.85. The van der Waals surface area contributed by atoms with Gasteiger partial charge in [0.2, 0.25) is 0 Å². The summed E-state index contributed by atoms with van der Waals surface area (Å²) in [7, 11) is 0. The number of carbonyl (C=O) groups excluding carboxylic acids is 1. The van der Waals surface area contributed by atoms with Crippen molar-refractivity contribution in [2.75, 3.05) is 5.32 Å². The minimum Gasteiger partial charge on any atom is -0.382 e. The SMILES string of the molecule is O=C(Nc1ccccc1C(O)c1ccccn1)c1ccc2[nH]c(=O)[nH]c2n1. The Morgan fingerprint density at radius 2 is 1.85 bits per heavy atom. The maximum Gasteiger partial charge on any atom is 0.325 e. The van der Waals surface area contributed by atoms with Gasteiger partial charge in [0, 0.05) is 17.4 Å². The largest absolute Gasteiger partial charge is 0.382 e. The molecule has 0 aliphatic rings. The normalized spacial score (nSPS) is 12.0. The van der Waals surface area contributed by atoms with E-state index in [0.717, 1.165) is 0 Å². The third-order valence-corrected chi connectivity index (χ3v) is 4.08. The molecule has 134 valence electrons. The highest BCUT2D eigenvalue weighted by atomic mass is 16.3. The quantitative estimate of drug-likeness (QED) is 0.442. The number of anilines is 1. The number of aromatic amines is 2. The molecule has 4 rings (SSSR count). The summed E-state index contributed by atoms with van der Waals surface area (Å²) in [4.78, 5) is 37.3. The number of fused-ring (bicyclic) bond motifs is 1. The van der Waals surface area contributed by atoms with Crippen molar-refractivity contribution in [3.05, 3.63) is 88.2 Å². The molecule has 4 aromatic rings. The number of hydrogen-bond acceptors (Lipinski definition) is 5. The van der Waals surface area contributed by atoms with E-state index in [1.54, 1.807) is 54.7 Å². The molecule has 0 radical (unpaired) electrons. The Labute approximate surface area is 152 Å². The summed E-state index contributed by atoms with van der Waals surface area (Å²) in [5.74, 6) is -0.459. The summed E-state index contributed by atoms with van der Waals surface area (Å²) < 4.78 is 0. The number of imidazole rings is 1. The van der Waals surface area contributed by atoms with Crippen LogP contribution in [0.5, 0.6) is 0 Å². The Bertz CT molecular complexity index is 1170. The van der Waals surface area contributed by atoms with Crippen LogP contribution in [0.25, 0.3) is 11.2 Å². The zero-order valence-electron chi connectivity index (χ0n) is 14.0. The number of hydrogen-bond donors (Lipinski definition) is 4. The first-order chi connectivity index (χ1) is 13.1. The van der Waals surface area contributed by atoms with Gasteiger partial charge in [0.1, 0.15) is 11.8 Å². The molecule has 0 saturated heterocycles. The van der Waals surface area contributed by atoms with Crippen LogP contribution in [0, 0.1) is 0 Å². The molecular formula is C19H15N5O3. The van der Waals surface area contributed by atoms with Gasteiger partial charge in [-0.2, -0.15) is 0 Å². The molecule has 0 bridgehead atoms. The summed E-state index contributed by atoms with van der Waals surface area (Å²) in [5.41, 5.74) is 2.00. The first-order valence-electron chi connectivity index (χ1n) is 8.20. The number of nitrogens with one attached hydrogen (secondary N) is 3. The predicted molar refractivity (Wildman–Crippen MR) is 99.4 cm³/mol. The van der Waals surface area contributed by atoms with E-state index in [-0.39, 0.29) is 11.4 Å². The molecule has 0 aliphatic carbocycles. The zero-order chi connectivity index (χ0) is 18.8. The Morgan fingerprint density at radius 3 is 2.67 bits per heavy atom. The van der Waals surface area contributed by atoms with Crippen LogP contribution < -0.4 is 11.0 Å². The van der Waals surface area contributed by atoms with E-state index in [1.807, 2.05) is 0 Å². The molecule has 4 N–H and O–H groups in total. The van der Waals surface area contributed by atoms with Crippen LogP contribution in [-0.4, -0.2) is 30.9 Å². The Kier molecular flexibility index (Phi) is 4.23. The summed E-state index contributed by atoms with van der Waals surface area (Å²) in [5, 5.41) is 13.4. The average molecular weight is 361 g/mol. The van der Waals surface area contributed by atoms with Gasteiger partial charge in [-0.3, -0.25) is 14.8 Å². The van der Waals surface area contributed by atoms with Gasteiger partial charge in [0.25, 0.3) is 5.91 Å². The summed E-state index contributed by atoms with van der Waals surface area (Å²) in [6.07, 6.45) is 0.607. The Hall–Kier alpha value is -3.78. The number of carbonyl (C=O) groups is 1. The van der Waals surface area contributed by atoms with Gasteiger partial charge in [-0.25, -0.2) is 9.78 Å². The molecular weight excluding hydrogens is 346 g/mol. The molecule has 8 heteroatoms. The van der Waals surface area contributed by atoms with Crippen molar-refractivity contribution < 1.29 is 9.90 Å². The average Bonchev–Trinajstić information content (AvgIpc) is 3.07. The van der Waals surface area contributed by atoms with Crippen LogP contribution in [0.3, 0.4) is 0 Å². The number of rotatable bonds is 4. The Balaban J connectivity index is 1.64. The molecule has 27 heavy (non-hydrogen) atoms. The number of para-hydroxylation sites is 1. The fourth-order valence-corrected chi connectivity index (χ4v) is 2.78. The molecule has 0 aliphatic heterocycles. The molecule has 3 aromatic heterocycles. The monoisotopic (exact) mass is 361 g/mol. The third-order valence-electron chi connectivity index (χ3n) is 4.08. The van der Waals surface area contributed by atoms with Gasteiger partial charge >= 0.3 is 5.69 Å². The van der Waals surface area contributed by atoms with Crippen molar-refractivity contribution in [2.45, 2.75) is 6.10 Å². The van der Waals surface area contributed by atoms with E-state index in [4.69, 9.17) is 0 Å². The van der Waals surface area contributed by atoms with E-state index in [2.05, 4.69) is 25.3 Å². The van der Waals surface area contributed by atoms with E-state index in [1.165, 1.54) is 6.07 Å². The van der Waals surface area contributed by atoms with Crippen LogP contribution in [0.15, 0.2) is 65.6 Å². The second-order valence-corrected chi connectivity index (χ2v) is 5.87. The van der Waals surface area contributed by atoms with Crippen molar-refractivity contribution >= 4 is 22.8 Å². The highest BCUT2D eigenvalue weighted by molar-refractivity contribution is 6.04. The molecule has 0 fully saturated rings. The van der Waals surface area contributed by atoms with Crippen LogP contribution in [0.1, 0.15) is 27.8 Å². The van der Waals surface area contributed by atoms with Gasteiger partial charge in [-0.1, -0.05) is 24.3 Å². The molecule has 1 atom stereocenters. The van der Waals surface area contributed by atoms with E-state index >= 15 is 0 Å².